The summed E-state index contributed by atoms with van der Waals surface area (Å²) in [6.45, 7) is 2.13. The third-order valence-corrected chi connectivity index (χ3v) is 4.28. The molecule has 14 heavy (non-hydrogen) atoms. The summed E-state index contributed by atoms with van der Waals surface area (Å²) in [5.41, 5.74) is 8.05. The van der Waals surface area contributed by atoms with Crippen molar-refractivity contribution in [2.75, 3.05) is 5.73 Å². The van der Waals surface area contributed by atoms with Gasteiger partial charge in [-0.25, -0.2) is 4.98 Å². The number of aromatic nitrogens is 1. The standard InChI is InChI=1S/C10H8N2S2/c1-5-4-13-7-3-2-6-9(8(5)7)14-10(11)12-6/h2-4H,1H3,(H2,11,12). The highest BCUT2D eigenvalue weighted by molar-refractivity contribution is 7.24. The Morgan fingerprint density at radius 3 is 3.07 bits per heavy atom. The van der Waals surface area contributed by atoms with E-state index >= 15 is 0 Å². The molecule has 1 aromatic carbocycles. The van der Waals surface area contributed by atoms with E-state index in [1.165, 1.54) is 20.3 Å². The predicted octanol–water partition coefficient (Wildman–Crippen LogP) is 3.40. The minimum absolute atomic E-state index is 0.651. The van der Waals surface area contributed by atoms with Crippen LogP contribution in [-0.4, -0.2) is 4.98 Å². The molecule has 0 spiro atoms. The topological polar surface area (TPSA) is 38.9 Å². The second kappa shape index (κ2) is 2.68. The first-order chi connectivity index (χ1) is 6.75. The minimum Gasteiger partial charge on any atom is -0.375 e. The molecule has 4 heteroatoms. The molecular formula is C10H8N2S2. The zero-order chi connectivity index (χ0) is 9.71. The van der Waals surface area contributed by atoms with Gasteiger partial charge < -0.3 is 5.73 Å². The highest BCUT2D eigenvalue weighted by atomic mass is 32.1. The number of thiazole rings is 1. The Hall–Kier alpha value is -1.13. The molecular weight excluding hydrogens is 212 g/mol. The highest BCUT2D eigenvalue weighted by Gasteiger charge is 2.08. The van der Waals surface area contributed by atoms with Crippen molar-refractivity contribution in [3.05, 3.63) is 23.1 Å². The Labute approximate surface area is 89.0 Å². The number of anilines is 1. The Morgan fingerprint density at radius 2 is 2.21 bits per heavy atom. The molecule has 3 aromatic rings. The fraction of sp³-hybridized carbons (Fsp3) is 0.100. The van der Waals surface area contributed by atoms with E-state index in [9.17, 15) is 0 Å². The van der Waals surface area contributed by atoms with Crippen molar-refractivity contribution in [2.24, 2.45) is 0 Å². The molecule has 2 N–H and O–H groups in total. The molecule has 0 saturated heterocycles. The van der Waals surface area contributed by atoms with Gasteiger partial charge in [-0.15, -0.1) is 11.3 Å². The average Bonchev–Trinajstić information content (AvgIpc) is 2.68. The van der Waals surface area contributed by atoms with E-state index in [1.807, 2.05) is 6.07 Å². The molecule has 0 atom stereocenters. The lowest BCUT2D eigenvalue weighted by Gasteiger charge is -1.92. The summed E-state index contributed by atoms with van der Waals surface area (Å²) in [7, 11) is 0. The molecule has 0 unspecified atom stereocenters. The van der Waals surface area contributed by atoms with Crippen molar-refractivity contribution in [3.63, 3.8) is 0 Å². The van der Waals surface area contributed by atoms with Gasteiger partial charge in [0.05, 0.1) is 10.2 Å². The number of benzene rings is 1. The number of thiophene rings is 1. The third-order valence-electron chi connectivity index (χ3n) is 2.29. The molecule has 2 heterocycles. The number of hydrogen-bond acceptors (Lipinski definition) is 4. The summed E-state index contributed by atoms with van der Waals surface area (Å²) >= 11 is 3.35. The maximum atomic E-state index is 5.71. The summed E-state index contributed by atoms with van der Waals surface area (Å²) in [6.07, 6.45) is 0. The molecule has 0 saturated carbocycles. The van der Waals surface area contributed by atoms with Crippen molar-refractivity contribution >= 4 is 48.1 Å². The van der Waals surface area contributed by atoms with E-state index in [4.69, 9.17) is 5.73 Å². The van der Waals surface area contributed by atoms with Crippen molar-refractivity contribution in [2.45, 2.75) is 6.92 Å². The van der Waals surface area contributed by atoms with Crippen LogP contribution in [0.15, 0.2) is 17.5 Å². The maximum absolute atomic E-state index is 5.71. The van der Waals surface area contributed by atoms with E-state index < -0.39 is 0 Å². The van der Waals surface area contributed by atoms with Crippen molar-refractivity contribution in [1.82, 2.24) is 4.98 Å². The summed E-state index contributed by atoms with van der Waals surface area (Å²) in [5.74, 6) is 0. The molecule has 3 rings (SSSR count). The number of nitrogens with two attached hydrogens (primary N) is 1. The van der Waals surface area contributed by atoms with Crippen molar-refractivity contribution < 1.29 is 0 Å². The Bertz CT molecular complexity index is 621. The third kappa shape index (κ3) is 0.980. The van der Waals surface area contributed by atoms with Gasteiger partial charge in [-0.1, -0.05) is 11.3 Å². The van der Waals surface area contributed by atoms with Crippen molar-refractivity contribution in [3.8, 4) is 0 Å². The molecule has 0 radical (unpaired) electrons. The van der Waals surface area contributed by atoms with Crippen LogP contribution < -0.4 is 5.73 Å². The van der Waals surface area contributed by atoms with Gasteiger partial charge in [0.15, 0.2) is 5.13 Å². The Morgan fingerprint density at radius 1 is 1.36 bits per heavy atom. The van der Waals surface area contributed by atoms with Gasteiger partial charge in [0, 0.05) is 10.1 Å². The number of fused-ring (bicyclic) bond motifs is 3. The zero-order valence-corrected chi connectivity index (χ0v) is 9.21. The maximum Gasteiger partial charge on any atom is 0.181 e. The van der Waals surface area contributed by atoms with Crippen LogP contribution >= 0.6 is 22.7 Å². The van der Waals surface area contributed by atoms with Crippen LogP contribution in [0, 0.1) is 6.92 Å². The van der Waals surface area contributed by atoms with Crippen LogP contribution in [0.5, 0.6) is 0 Å². The first-order valence-electron chi connectivity index (χ1n) is 4.28. The molecule has 0 aliphatic rings. The minimum atomic E-state index is 0.651. The fourth-order valence-corrected chi connectivity index (χ4v) is 3.63. The molecule has 2 nitrogen and oxygen atoms in total. The van der Waals surface area contributed by atoms with Gasteiger partial charge in [0.1, 0.15) is 0 Å². The van der Waals surface area contributed by atoms with Gasteiger partial charge >= 0.3 is 0 Å². The lowest BCUT2D eigenvalue weighted by Crippen LogP contribution is -1.78. The smallest absolute Gasteiger partial charge is 0.181 e. The second-order valence-corrected chi connectivity index (χ2v) is 5.20. The van der Waals surface area contributed by atoms with Gasteiger partial charge in [-0.05, 0) is 30.0 Å². The van der Waals surface area contributed by atoms with Crippen LogP contribution in [0.4, 0.5) is 5.13 Å². The van der Waals surface area contributed by atoms with Gasteiger partial charge in [-0.3, -0.25) is 0 Å². The Balaban J connectivity index is 2.64. The van der Waals surface area contributed by atoms with Crippen LogP contribution in [0.2, 0.25) is 0 Å². The molecule has 0 aliphatic carbocycles. The van der Waals surface area contributed by atoms with E-state index in [-0.39, 0.29) is 0 Å². The van der Waals surface area contributed by atoms with E-state index in [1.54, 1.807) is 22.7 Å². The lowest BCUT2D eigenvalue weighted by molar-refractivity contribution is 1.50. The molecule has 0 amide bonds. The van der Waals surface area contributed by atoms with Crippen molar-refractivity contribution in [1.29, 1.82) is 0 Å². The van der Waals surface area contributed by atoms with Crippen LogP contribution in [-0.2, 0) is 0 Å². The quantitative estimate of drug-likeness (QED) is 0.630. The zero-order valence-electron chi connectivity index (χ0n) is 7.57. The normalized spacial score (nSPS) is 11.5. The predicted molar refractivity (Wildman–Crippen MR) is 64.2 cm³/mol. The summed E-state index contributed by atoms with van der Waals surface area (Å²) in [4.78, 5) is 4.28. The molecule has 0 fully saturated rings. The van der Waals surface area contributed by atoms with E-state index in [0.29, 0.717) is 5.13 Å². The molecule has 70 valence electrons. The Kier molecular flexibility index (Phi) is 1.57. The second-order valence-electron chi connectivity index (χ2n) is 3.26. The summed E-state index contributed by atoms with van der Waals surface area (Å²) in [6, 6.07) is 4.16. The van der Waals surface area contributed by atoms with Crippen LogP contribution in [0.3, 0.4) is 0 Å². The lowest BCUT2D eigenvalue weighted by atomic mass is 10.2. The van der Waals surface area contributed by atoms with E-state index in [0.717, 1.165) is 5.52 Å². The number of rotatable bonds is 0. The van der Waals surface area contributed by atoms with Gasteiger partial charge in [0.25, 0.3) is 0 Å². The summed E-state index contributed by atoms with van der Waals surface area (Å²) < 4.78 is 2.54. The first kappa shape index (κ1) is 8.20. The van der Waals surface area contributed by atoms with E-state index in [2.05, 4.69) is 23.4 Å². The molecule has 0 aliphatic heterocycles. The average molecular weight is 220 g/mol. The molecule has 2 aromatic heterocycles. The number of aryl methyl sites for hydroxylation is 1. The largest absolute Gasteiger partial charge is 0.375 e. The van der Waals surface area contributed by atoms with Gasteiger partial charge in [-0.2, -0.15) is 0 Å². The monoisotopic (exact) mass is 220 g/mol. The summed E-state index contributed by atoms with van der Waals surface area (Å²) in [5, 5.41) is 4.15. The van der Waals surface area contributed by atoms with Crippen LogP contribution in [0.25, 0.3) is 20.3 Å². The highest BCUT2D eigenvalue weighted by Crippen LogP contribution is 2.36. The number of nitrogens with zero attached hydrogens (tertiary/aromatic N) is 1. The SMILES string of the molecule is Cc1csc2ccc3nc(N)sc3c12. The number of hydrogen-bond donors (Lipinski definition) is 1. The first-order valence-corrected chi connectivity index (χ1v) is 5.98. The van der Waals surface area contributed by atoms with Gasteiger partial charge in [0.2, 0.25) is 0 Å². The molecule has 0 bridgehead atoms. The fourth-order valence-electron chi connectivity index (χ4n) is 1.67. The van der Waals surface area contributed by atoms with Crippen LogP contribution in [0.1, 0.15) is 5.56 Å². The number of nitrogen functional groups attached to an aromatic ring is 1.